The first kappa shape index (κ1) is 26.6. The number of rotatable bonds is 7. The van der Waals surface area contributed by atoms with Crippen LogP contribution < -0.4 is 3.58 Å². The van der Waals surface area contributed by atoms with Gasteiger partial charge in [-0.25, -0.2) is 0 Å². The van der Waals surface area contributed by atoms with E-state index >= 15 is 0 Å². The van der Waals surface area contributed by atoms with E-state index in [1.165, 1.54) is 38.5 Å². The minimum absolute atomic E-state index is 0.513. The van der Waals surface area contributed by atoms with Gasteiger partial charge < -0.3 is 0 Å². The predicted octanol–water partition coefficient (Wildman–Crippen LogP) is 7.94. The van der Waals surface area contributed by atoms with Crippen molar-refractivity contribution in [3.63, 3.8) is 0 Å². The van der Waals surface area contributed by atoms with Crippen molar-refractivity contribution < 1.29 is 0 Å². The molecule has 2 saturated carbocycles. The summed E-state index contributed by atoms with van der Waals surface area (Å²) in [5.74, 6) is 5.41. The van der Waals surface area contributed by atoms with Crippen LogP contribution in [0, 0.1) is 35.5 Å². The van der Waals surface area contributed by atoms with E-state index < -0.39 is 19.8 Å². The van der Waals surface area contributed by atoms with Crippen LogP contribution in [0.4, 0.5) is 0 Å². The van der Waals surface area contributed by atoms with Gasteiger partial charge in [0.25, 0.3) is 0 Å². The van der Waals surface area contributed by atoms with Crippen LogP contribution in [-0.2, 0) is 0 Å². The molecule has 0 heterocycles. The number of nitrogens with zero attached hydrogens (tertiary/aromatic N) is 1. The molecule has 0 N–H and O–H groups in total. The first-order valence-corrected chi connectivity index (χ1v) is 18.5. The predicted molar refractivity (Wildman–Crippen MR) is 144 cm³/mol. The van der Waals surface area contributed by atoms with E-state index in [9.17, 15) is 0 Å². The number of hydrogen-bond donors (Lipinski definition) is 0. The molecule has 1 aromatic rings. The van der Waals surface area contributed by atoms with Crippen molar-refractivity contribution >= 4 is 23.3 Å². The molecule has 32 heavy (non-hydrogen) atoms. The molecule has 1 radical (unpaired) electrons. The standard InChI is InChI=1S/C10H14N.2C10H19.Sn/c1-9(11(2)3)10-7-5-4-6-8-10;2*1-8(2)10-6-4-9(3)5-7-10;/h4-7,9H,1-3H3;2*6,8-10H,4-5,7H2,1-3H3;/t9-;2*9-,10-;/m000./s1. The summed E-state index contributed by atoms with van der Waals surface area (Å²) in [5.41, 5.74) is 1.67. The van der Waals surface area contributed by atoms with E-state index in [1.54, 1.807) is 5.56 Å². The van der Waals surface area contributed by atoms with Crippen molar-refractivity contribution in [2.45, 2.75) is 101 Å². The molecular formula is C30H52NSn. The van der Waals surface area contributed by atoms with Crippen molar-refractivity contribution in [1.29, 1.82) is 0 Å². The topological polar surface area (TPSA) is 3.24 Å². The van der Waals surface area contributed by atoms with Gasteiger partial charge in [0.2, 0.25) is 0 Å². The Bertz CT molecular complexity index is 679. The summed E-state index contributed by atoms with van der Waals surface area (Å²) in [4.78, 5) is 2.44. The van der Waals surface area contributed by atoms with Gasteiger partial charge in [-0.15, -0.1) is 0 Å². The van der Waals surface area contributed by atoms with E-state index in [1.807, 2.05) is 3.58 Å². The van der Waals surface area contributed by atoms with Crippen LogP contribution in [-0.4, -0.2) is 38.8 Å². The Hall–Kier alpha value is -0.0213. The molecule has 0 unspecified atom stereocenters. The quantitative estimate of drug-likeness (QED) is 0.315. The van der Waals surface area contributed by atoms with Crippen LogP contribution >= 0.6 is 0 Å². The third-order valence-corrected chi connectivity index (χ3v) is 20.8. The molecule has 7 atom stereocenters. The van der Waals surface area contributed by atoms with E-state index in [2.05, 4.69) is 91.7 Å². The molecule has 0 bridgehead atoms. The summed E-state index contributed by atoms with van der Waals surface area (Å²) in [6.07, 6.45) is 8.90. The molecule has 0 saturated heterocycles. The van der Waals surface area contributed by atoms with Gasteiger partial charge in [0, 0.05) is 0 Å². The molecule has 0 aliphatic heterocycles. The number of benzene rings is 1. The fourth-order valence-electron chi connectivity index (χ4n) is 7.20. The Balaban J connectivity index is 2.16. The zero-order valence-corrected chi connectivity index (χ0v) is 25.5. The molecule has 0 spiro atoms. The fourth-order valence-corrected chi connectivity index (χ4v) is 23.2. The summed E-state index contributed by atoms with van der Waals surface area (Å²) in [6.45, 7) is 17.7. The third kappa shape index (κ3) is 5.96. The monoisotopic (exact) mass is 546 g/mol. The third-order valence-electron chi connectivity index (χ3n) is 9.34. The van der Waals surface area contributed by atoms with Crippen LogP contribution in [0.3, 0.4) is 0 Å². The van der Waals surface area contributed by atoms with Crippen molar-refractivity contribution in [1.82, 2.24) is 4.90 Å². The molecule has 2 aliphatic carbocycles. The van der Waals surface area contributed by atoms with E-state index in [0.29, 0.717) is 6.04 Å². The number of hydrogen-bond acceptors (Lipinski definition) is 1. The molecule has 181 valence electrons. The maximum absolute atomic E-state index is 2.62. The first-order chi connectivity index (χ1) is 15.1. The van der Waals surface area contributed by atoms with Gasteiger partial charge in [-0.2, -0.15) is 0 Å². The molecular weight excluding hydrogens is 493 g/mol. The Morgan fingerprint density at radius 2 is 1.22 bits per heavy atom. The molecule has 1 aromatic carbocycles. The van der Waals surface area contributed by atoms with E-state index in [-0.39, 0.29) is 0 Å². The van der Waals surface area contributed by atoms with Crippen LogP contribution in [0.1, 0.15) is 98.6 Å². The van der Waals surface area contributed by atoms with Gasteiger partial charge in [-0.1, -0.05) is 0 Å². The first-order valence-electron chi connectivity index (χ1n) is 13.7. The van der Waals surface area contributed by atoms with Crippen LogP contribution in [0.5, 0.6) is 0 Å². The summed E-state index contributed by atoms with van der Waals surface area (Å²) in [7, 11) is 4.54. The second-order valence-electron chi connectivity index (χ2n) is 12.5. The van der Waals surface area contributed by atoms with Gasteiger partial charge in [0.15, 0.2) is 0 Å². The zero-order valence-electron chi connectivity index (χ0n) is 22.7. The van der Waals surface area contributed by atoms with E-state index in [4.69, 9.17) is 0 Å². The average Bonchev–Trinajstić information content (AvgIpc) is 2.73. The Morgan fingerprint density at radius 3 is 1.66 bits per heavy atom. The summed E-state index contributed by atoms with van der Waals surface area (Å²) in [5, 5.41) is 0. The van der Waals surface area contributed by atoms with Crippen molar-refractivity contribution in [3.05, 3.63) is 29.8 Å². The minimum atomic E-state index is -2.03. The Morgan fingerprint density at radius 1 is 0.750 bits per heavy atom. The second-order valence-corrected chi connectivity index (χ2v) is 20.9. The molecule has 2 aliphatic rings. The summed E-state index contributed by atoms with van der Waals surface area (Å²) >= 11 is -2.03. The zero-order chi connectivity index (χ0) is 23.6. The normalized spacial score (nSPS) is 32.8. The van der Waals surface area contributed by atoms with Gasteiger partial charge in [0.1, 0.15) is 0 Å². The molecule has 0 aromatic heterocycles. The Kier molecular flexibility index (Phi) is 9.64. The van der Waals surface area contributed by atoms with Gasteiger partial charge in [-0.3, -0.25) is 0 Å². The summed E-state index contributed by atoms with van der Waals surface area (Å²) < 4.78 is 3.94. The Labute approximate surface area is 207 Å². The van der Waals surface area contributed by atoms with Gasteiger partial charge in [-0.05, 0) is 0 Å². The van der Waals surface area contributed by atoms with Crippen LogP contribution in [0.15, 0.2) is 24.3 Å². The van der Waals surface area contributed by atoms with Crippen LogP contribution in [0.25, 0.3) is 0 Å². The van der Waals surface area contributed by atoms with E-state index in [0.717, 1.165) is 43.4 Å². The SMILES string of the molecule is CC(C)[C@@H]1CC[C@@H](C)C[C@H]1[Sn]([c]1ccccc1[C@H](C)N(C)C)[C@@H]1C[C@H](C)CC[C@H]1C(C)C. The van der Waals surface area contributed by atoms with Gasteiger partial charge >= 0.3 is 209 Å². The van der Waals surface area contributed by atoms with Crippen LogP contribution in [0.2, 0.25) is 7.87 Å². The maximum atomic E-state index is 2.62. The molecule has 1 nitrogen and oxygen atoms in total. The summed E-state index contributed by atoms with van der Waals surface area (Å²) in [6, 6.07) is 10.3. The average molecular weight is 545 g/mol. The van der Waals surface area contributed by atoms with Crippen molar-refractivity contribution in [3.8, 4) is 0 Å². The van der Waals surface area contributed by atoms with Crippen molar-refractivity contribution in [2.75, 3.05) is 14.1 Å². The molecule has 2 heteroatoms. The van der Waals surface area contributed by atoms with Gasteiger partial charge in [0.05, 0.1) is 0 Å². The molecule has 2 fully saturated rings. The second kappa shape index (κ2) is 11.6. The molecule has 0 amide bonds. The fraction of sp³-hybridized carbons (Fsp3) is 0.800. The van der Waals surface area contributed by atoms with Crippen molar-refractivity contribution in [2.24, 2.45) is 35.5 Å². The molecule has 3 rings (SSSR count).